The van der Waals surface area contributed by atoms with Gasteiger partial charge < -0.3 is 9.13 Å². The van der Waals surface area contributed by atoms with Crippen molar-refractivity contribution in [2.45, 2.75) is 25.5 Å². The molecule has 0 atom stereocenters. The van der Waals surface area contributed by atoms with E-state index in [4.69, 9.17) is 4.98 Å². The number of halogens is 9. The number of nitrogens with zero attached hydrogens (tertiary/aromatic N) is 4. The summed E-state index contributed by atoms with van der Waals surface area (Å²) in [6, 6.07) is 59.6. The molecule has 0 radical (unpaired) electrons. The van der Waals surface area contributed by atoms with Gasteiger partial charge in [0, 0.05) is 38.2 Å². The minimum absolute atomic E-state index is 0.0238. The van der Waals surface area contributed by atoms with Gasteiger partial charge in [0.1, 0.15) is 6.07 Å². The Morgan fingerprint density at radius 2 is 0.844 bits per heavy atom. The average molecular weight is 1030 g/mol. The zero-order valence-corrected chi connectivity index (χ0v) is 40.3. The number of hydrogen-bond donors (Lipinski definition) is 0. The van der Waals surface area contributed by atoms with Crippen LogP contribution in [0.5, 0.6) is 0 Å². The molecule has 9 aromatic carbocycles. The largest absolute Gasteiger partial charge is 0.417 e. The summed E-state index contributed by atoms with van der Waals surface area (Å²) in [5.74, 6) is 0. The molecule has 0 bridgehead atoms. The second kappa shape index (κ2) is 18.2. The predicted octanol–water partition coefficient (Wildman–Crippen LogP) is 18.8. The van der Waals surface area contributed by atoms with Gasteiger partial charge in [-0.25, -0.2) is 4.98 Å². The van der Waals surface area contributed by atoms with Crippen molar-refractivity contribution in [3.8, 4) is 73.3 Å². The second-order valence-electron chi connectivity index (χ2n) is 18.8. The van der Waals surface area contributed by atoms with Crippen LogP contribution in [0.3, 0.4) is 0 Å². The van der Waals surface area contributed by atoms with Crippen molar-refractivity contribution >= 4 is 43.6 Å². The summed E-state index contributed by atoms with van der Waals surface area (Å²) in [7, 11) is 0. The molecule has 376 valence electrons. The minimum atomic E-state index is -5.12. The fourth-order valence-electron chi connectivity index (χ4n) is 10.6. The van der Waals surface area contributed by atoms with E-state index >= 15 is 0 Å². The third-order valence-corrected chi connectivity index (χ3v) is 14.1. The van der Waals surface area contributed by atoms with E-state index in [2.05, 4.69) is 6.07 Å². The molecule has 0 aliphatic rings. The molecule has 0 saturated carbocycles. The van der Waals surface area contributed by atoms with E-state index in [1.165, 1.54) is 18.2 Å². The maximum absolute atomic E-state index is 14.6. The van der Waals surface area contributed by atoms with Gasteiger partial charge in [0.05, 0.1) is 67.1 Å². The molecule has 12 aromatic rings. The van der Waals surface area contributed by atoms with Crippen molar-refractivity contribution in [2.75, 3.05) is 0 Å². The number of hydrogen-bond acceptors (Lipinski definition) is 2. The number of benzene rings is 9. The van der Waals surface area contributed by atoms with E-state index < -0.39 is 40.8 Å². The van der Waals surface area contributed by atoms with Crippen LogP contribution in [0.15, 0.2) is 206 Å². The number of alkyl halides is 9. The molecule has 13 heteroatoms. The van der Waals surface area contributed by atoms with E-state index in [0.29, 0.717) is 89.3 Å². The molecular formula is C64H37F9N4. The van der Waals surface area contributed by atoms with Crippen molar-refractivity contribution < 1.29 is 39.5 Å². The molecule has 3 heterocycles. The summed E-state index contributed by atoms with van der Waals surface area (Å²) in [4.78, 5) is 5.15. The lowest BCUT2D eigenvalue weighted by molar-refractivity contribution is -0.143. The Hall–Kier alpha value is -9.41. The Kier molecular flexibility index (Phi) is 11.4. The molecule has 3 aromatic heterocycles. The SMILES string of the molecule is Cc1ccc(-c2ccc3c(c2)c2ccccc2n3-c2cc(C#N)c(-n3c4ccccc4c4cc(-c5ccc(C(F)(F)F)cc5C(F)(F)F)ccc43)cc2-c2cc(-c3ccccc3)nc(-c3ccccc3)c2)c(C(F)(F)F)c1. The highest BCUT2D eigenvalue weighted by molar-refractivity contribution is 6.13. The first-order valence-electron chi connectivity index (χ1n) is 24.2. The van der Waals surface area contributed by atoms with E-state index in [1.54, 1.807) is 61.5 Å². The van der Waals surface area contributed by atoms with Crippen LogP contribution in [0.25, 0.3) is 111 Å². The summed E-state index contributed by atoms with van der Waals surface area (Å²) >= 11 is 0. The first kappa shape index (κ1) is 48.5. The maximum atomic E-state index is 14.6. The van der Waals surface area contributed by atoms with Gasteiger partial charge in [0.25, 0.3) is 0 Å². The average Bonchev–Trinajstić information content (AvgIpc) is 4.15. The summed E-state index contributed by atoms with van der Waals surface area (Å²) in [6.45, 7) is 1.61. The Balaban J connectivity index is 1.15. The van der Waals surface area contributed by atoms with Crippen LogP contribution in [0.1, 0.15) is 27.8 Å². The zero-order chi connectivity index (χ0) is 53.5. The highest BCUT2D eigenvalue weighted by Gasteiger charge is 2.39. The van der Waals surface area contributed by atoms with Crippen LogP contribution in [-0.4, -0.2) is 14.1 Å². The van der Waals surface area contributed by atoms with Gasteiger partial charge in [-0.05, 0) is 114 Å². The van der Waals surface area contributed by atoms with Crippen molar-refractivity contribution in [3.05, 3.63) is 234 Å². The molecule has 77 heavy (non-hydrogen) atoms. The lowest BCUT2D eigenvalue weighted by Gasteiger charge is -2.20. The Bertz CT molecular complexity index is 4310. The summed E-state index contributed by atoms with van der Waals surface area (Å²) in [5, 5.41) is 13.8. The number of nitriles is 1. The van der Waals surface area contributed by atoms with Gasteiger partial charge in [0.15, 0.2) is 0 Å². The Morgan fingerprint density at radius 1 is 0.377 bits per heavy atom. The van der Waals surface area contributed by atoms with E-state index in [-0.39, 0.29) is 22.8 Å². The zero-order valence-electron chi connectivity index (χ0n) is 40.3. The minimum Gasteiger partial charge on any atom is -0.309 e. The van der Waals surface area contributed by atoms with E-state index in [0.717, 1.165) is 28.6 Å². The van der Waals surface area contributed by atoms with Crippen molar-refractivity contribution in [2.24, 2.45) is 0 Å². The second-order valence-corrected chi connectivity index (χ2v) is 18.8. The number of aryl methyl sites for hydroxylation is 1. The number of rotatable bonds is 7. The van der Waals surface area contributed by atoms with E-state index in [9.17, 15) is 44.8 Å². The molecule has 0 aliphatic heterocycles. The van der Waals surface area contributed by atoms with Crippen molar-refractivity contribution in [1.82, 2.24) is 14.1 Å². The van der Waals surface area contributed by atoms with Crippen molar-refractivity contribution in [1.29, 1.82) is 5.26 Å². The van der Waals surface area contributed by atoms with Crippen LogP contribution >= 0.6 is 0 Å². The highest BCUT2D eigenvalue weighted by atomic mass is 19.4. The van der Waals surface area contributed by atoms with E-state index in [1.807, 2.05) is 118 Å². The third kappa shape index (κ3) is 8.52. The molecule has 0 unspecified atom stereocenters. The van der Waals surface area contributed by atoms with Crippen LogP contribution in [0.4, 0.5) is 39.5 Å². The molecule has 0 amide bonds. The molecule has 0 spiro atoms. The summed E-state index contributed by atoms with van der Waals surface area (Å²) in [5.41, 5.74) is 4.57. The molecule has 4 nitrogen and oxygen atoms in total. The van der Waals surface area contributed by atoms with Gasteiger partial charge in [-0.1, -0.05) is 133 Å². The van der Waals surface area contributed by atoms with Crippen LogP contribution in [0.2, 0.25) is 0 Å². The van der Waals surface area contributed by atoms with Crippen LogP contribution in [-0.2, 0) is 18.5 Å². The van der Waals surface area contributed by atoms with Gasteiger partial charge >= 0.3 is 18.5 Å². The van der Waals surface area contributed by atoms with Crippen molar-refractivity contribution in [3.63, 3.8) is 0 Å². The smallest absolute Gasteiger partial charge is 0.309 e. The topological polar surface area (TPSA) is 46.5 Å². The number of pyridine rings is 1. The van der Waals surface area contributed by atoms with Gasteiger partial charge in [-0.2, -0.15) is 44.8 Å². The highest BCUT2D eigenvalue weighted by Crippen LogP contribution is 2.46. The summed E-state index contributed by atoms with van der Waals surface area (Å²) < 4.78 is 133. The lowest BCUT2D eigenvalue weighted by atomic mass is 9.95. The standard InChI is InChI=1S/C64H37F9N4/c1-37-20-24-45(52(28-37)63(68,69)70)40-22-27-59-51(29-40)48-17-9-11-19-57(48)77(59)61-33-43(36-74)60(35-49(61)42-31-54(38-12-4-2-5-13-38)75-55(32-42)39-14-6-3-7-15-39)76-56-18-10-8-16-47(56)50-30-41(21-26-58(50)76)46-25-23-44(62(65,66)67)34-53(46)64(71,72)73/h2-35H,1H3. The Labute approximate surface area is 433 Å². The molecule has 0 saturated heterocycles. The quantitative estimate of drug-likeness (QED) is 0.149. The Morgan fingerprint density at radius 3 is 1.35 bits per heavy atom. The number of fused-ring (bicyclic) bond motifs is 6. The predicted molar refractivity (Wildman–Crippen MR) is 285 cm³/mol. The first-order valence-corrected chi connectivity index (χ1v) is 24.2. The first-order chi connectivity index (χ1) is 36.9. The third-order valence-electron chi connectivity index (χ3n) is 14.1. The monoisotopic (exact) mass is 1030 g/mol. The van der Waals surface area contributed by atoms with Gasteiger partial charge in [0.2, 0.25) is 0 Å². The number of aromatic nitrogens is 3. The van der Waals surface area contributed by atoms with Gasteiger partial charge in [-0.3, -0.25) is 0 Å². The van der Waals surface area contributed by atoms with Crippen LogP contribution in [0, 0.1) is 18.3 Å². The fraction of sp³-hybridized carbons (Fsp3) is 0.0625. The molecule has 0 fully saturated rings. The molecule has 12 rings (SSSR count). The molecular weight excluding hydrogens is 996 g/mol. The molecule has 0 aliphatic carbocycles. The van der Waals surface area contributed by atoms with Gasteiger partial charge in [-0.15, -0.1) is 0 Å². The maximum Gasteiger partial charge on any atom is 0.417 e. The van der Waals surface area contributed by atoms with Crippen LogP contribution < -0.4 is 0 Å². The summed E-state index contributed by atoms with van der Waals surface area (Å²) in [6.07, 6.45) is -14.8. The lowest BCUT2D eigenvalue weighted by Crippen LogP contribution is -2.12. The molecule has 0 N–H and O–H groups in total. The normalized spacial score (nSPS) is 12.3. The fourth-order valence-corrected chi connectivity index (χ4v) is 10.6. The number of para-hydroxylation sites is 2.